The molecule has 0 spiro atoms. The summed E-state index contributed by atoms with van der Waals surface area (Å²) in [6.07, 6.45) is 1.67. The maximum atomic E-state index is 11.6. The Hall–Kier alpha value is -2.02. The second-order valence-electron chi connectivity index (χ2n) is 4.01. The van der Waals surface area contributed by atoms with Gasteiger partial charge in [0, 0.05) is 19.7 Å². The first kappa shape index (κ1) is 13.4. The van der Waals surface area contributed by atoms with E-state index < -0.39 is 5.97 Å². The van der Waals surface area contributed by atoms with Gasteiger partial charge in [0.05, 0.1) is 18.9 Å². The molecule has 19 heavy (non-hydrogen) atoms. The second-order valence-corrected chi connectivity index (χ2v) is 5.01. The highest BCUT2D eigenvalue weighted by Crippen LogP contribution is 2.30. The molecular weight excluding hydrogens is 266 g/mol. The number of carbonyl (C=O) groups is 2. The highest BCUT2D eigenvalue weighted by atomic mass is 32.1. The molecule has 0 aromatic carbocycles. The molecule has 2 aromatic heterocycles. The van der Waals surface area contributed by atoms with E-state index in [1.807, 2.05) is 14.0 Å². The van der Waals surface area contributed by atoms with Crippen molar-refractivity contribution in [3.63, 3.8) is 0 Å². The molecule has 0 saturated carbocycles. The average Bonchev–Trinajstić information content (AvgIpc) is 2.94. The Morgan fingerprint density at radius 2 is 2.11 bits per heavy atom. The molecule has 2 heterocycles. The molecule has 0 aliphatic heterocycles. The number of thiazole rings is 1. The molecule has 0 amide bonds. The lowest BCUT2D eigenvalue weighted by atomic mass is 10.2. The molecule has 0 bridgehead atoms. The van der Waals surface area contributed by atoms with E-state index in [4.69, 9.17) is 0 Å². The number of Topliss-reactive ketones (excluding diaryl/α,β-unsaturated/α-hetero) is 1. The number of aryl methyl sites for hydroxylation is 1. The molecular formula is C12H13N3O3S. The van der Waals surface area contributed by atoms with E-state index in [1.54, 1.807) is 10.9 Å². The lowest BCUT2D eigenvalue weighted by Crippen LogP contribution is -2.06. The van der Waals surface area contributed by atoms with Crippen LogP contribution in [0.4, 0.5) is 0 Å². The van der Waals surface area contributed by atoms with E-state index in [0.717, 1.165) is 11.3 Å². The number of nitrogens with zero attached hydrogens (tertiary/aromatic N) is 3. The number of methoxy groups -OCH3 is 1. The molecule has 0 fully saturated rings. The number of hydrogen-bond donors (Lipinski definition) is 0. The van der Waals surface area contributed by atoms with Crippen LogP contribution in [0, 0.1) is 6.92 Å². The van der Waals surface area contributed by atoms with Gasteiger partial charge in [0.2, 0.25) is 0 Å². The van der Waals surface area contributed by atoms with Gasteiger partial charge < -0.3 is 4.74 Å². The molecule has 0 radical (unpaired) electrons. The van der Waals surface area contributed by atoms with Gasteiger partial charge in [-0.1, -0.05) is 0 Å². The quantitative estimate of drug-likeness (QED) is 0.633. The molecule has 0 atom stereocenters. The Labute approximate surface area is 114 Å². The van der Waals surface area contributed by atoms with Crippen LogP contribution in [0.5, 0.6) is 0 Å². The largest absolute Gasteiger partial charge is 0.464 e. The minimum absolute atomic E-state index is 0.0678. The summed E-state index contributed by atoms with van der Waals surface area (Å²) in [4.78, 5) is 27.7. The van der Waals surface area contributed by atoms with Gasteiger partial charge >= 0.3 is 5.97 Å². The minimum Gasteiger partial charge on any atom is -0.464 e. The van der Waals surface area contributed by atoms with Crippen molar-refractivity contribution in [3.05, 3.63) is 22.5 Å². The molecule has 0 N–H and O–H groups in total. The molecule has 2 rings (SSSR count). The van der Waals surface area contributed by atoms with Gasteiger partial charge in [0.15, 0.2) is 11.5 Å². The van der Waals surface area contributed by atoms with Crippen molar-refractivity contribution in [2.75, 3.05) is 7.11 Å². The number of rotatable bonds is 3. The van der Waals surface area contributed by atoms with Crippen LogP contribution in [0.1, 0.15) is 32.8 Å². The first-order valence-electron chi connectivity index (χ1n) is 5.54. The second kappa shape index (κ2) is 4.93. The zero-order valence-corrected chi connectivity index (χ0v) is 11.9. The normalized spacial score (nSPS) is 10.5. The monoisotopic (exact) mass is 279 g/mol. The van der Waals surface area contributed by atoms with Crippen molar-refractivity contribution < 1.29 is 14.3 Å². The Morgan fingerprint density at radius 1 is 1.42 bits per heavy atom. The van der Waals surface area contributed by atoms with Crippen LogP contribution in [0.3, 0.4) is 0 Å². The Balaban J connectivity index is 2.58. The Bertz CT molecular complexity index is 657. The zero-order valence-electron chi connectivity index (χ0n) is 11.1. The van der Waals surface area contributed by atoms with Crippen LogP contribution in [-0.2, 0) is 11.8 Å². The Morgan fingerprint density at radius 3 is 2.58 bits per heavy atom. The SMILES string of the molecule is COC(=O)c1nc(-c2cnn(C)c2C)sc1C(C)=O. The summed E-state index contributed by atoms with van der Waals surface area (Å²) < 4.78 is 6.35. The number of esters is 1. The standard InChI is InChI=1S/C12H13N3O3S/c1-6-8(5-13-15(6)3)11-14-9(12(17)18-4)10(19-11)7(2)16/h5H,1-4H3. The lowest BCUT2D eigenvalue weighted by Gasteiger charge is -1.96. The maximum Gasteiger partial charge on any atom is 0.358 e. The summed E-state index contributed by atoms with van der Waals surface area (Å²) in [7, 11) is 3.08. The zero-order chi connectivity index (χ0) is 14.2. The highest BCUT2D eigenvalue weighted by molar-refractivity contribution is 7.17. The van der Waals surface area contributed by atoms with Crippen molar-refractivity contribution in [2.45, 2.75) is 13.8 Å². The van der Waals surface area contributed by atoms with Gasteiger partial charge in [-0.2, -0.15) is 5.10 Å². The van der Waals surface area contributed by atoms with Gasteiger partial charge in [-0.3, -0.25) is 9.48 Å². The van der Waals surface area contributed by atoms with Crippen molar-refractivity contribution >= 4 is 23.1 Å². The first-order valence-corrected chi connectivity index (χ1v) is 6.36. The first-order chi connectivity index (χ1) is 8.95. The predicted molar refractivity (Wildman–Crippen MR) is 70.4 cm³/mol. The summed E-state index contributed by atoms with van der Waals surface area (Å²) in [6.45, 7) is 3.30. The van der Waals surface area contributed by atoms with Gasteiger partial charge in [-0.25, -0.2) is 9.78 Å². The number of hydrogen-bond acceptors (Lipinski definition) is 6. The molecule has 0 aliphatic carbocycles. The smallest absolute Gasteiger partial charge is 0.358 e. The highest BCUT2D eigenvalue weighted by Gasteiger charge is 2.23. The molecule has 0 unspecified atom stereocenters. The van der Waals surface area contributed by atoms with E-state index in [2.05, 4.69) is 14.8 Å². The van der Waals surface area contributed by atoms with Crippen molar-refractivity contribution in [3.8, 4) is 10.6 Å². The van der Waals surface area contributed by atoms with Crippen LogP contribution < -0.4 is 0 Å². The summed E-state index contributed by atoms with van der Waals surface area (Å²) in [6, 6.07) is 0. The maximum absolute atomic E-state index is 11.6. The van der Waals surface area contributed by atoms with Crippen LogP contribution in [0.25, 0.3) is 10.6 Å². The van der Waals surface area contributed by atoms with E-state index in [-0.39, 0.29) is 11.5 Å². The minimum atomic E-state index is -0.603. The third-order valence-electron chi connectivity index (χ3n) is 2.79. The fraction of sp³-hybridized carbons (Fsp3) is 0.333. The fourth-order valence-corrected chi connectivity index (χ4v) is 2.63. The number of aromatic nitrogens is 3. The topological polar surface area (TPSA) is 74.1 Å². The Kier molecular flexibility index (Phi) is 3.48. The van der Waals surface area contributed by atoms with E-state index in [1.165, 1.54) is 25.4 Å². The van der Waals surface area contributed by atoms with Crippen molar-refractivity contribution in [2.24, 2.45) is 7.05 Å². The molecule has 2 aromatic rings. The summed E-state index contributed by atoms with van der Waals surface area (Å²) in [5.41, 5.74) is 1.80. The number of ether oxygens (including phenoxy) is 1. The van der Waals surface area contributed by atoms with Crippen molar-refractivity contribution in [1.82, 2.24) is 14.8 Å². The molecule has 100 valence electrons. The van der Waals surface area contributed by atoms with E-state index in [9.17, 15) is 9.59 Å². The average molecular weight is 279 g/mol. The molecule has 0 aliphatic rings. The number of ketones is 1. The fourth-order valence-electron chi connectivity index (χ4n) is 1.62. The van der Waals surface area contributed by atoms with Crippen molar-refractivity contribution in [1.29, 1.82) is 0 Å². The van der Waals surface area contributed by atoms with Crippen LogP contribution in [0.15, 0.2) is 6.20 Å². The van der Waals surface area contributed by atoms with Crippen LogP contribution in [-0.4, -0.2) is 33.6 Å². The molecule has 7 heteroatoms. The van der Waals surface area contributed by atoms with Gasteiger partial charge in [-0.05, 0) is 6.92 Å². The molecule has 6 nitrogen and oxygen atoms in total. The summed E-state index contributed by atoms with van der Waals surface area (Å²) in [5.74, 6) is -0.806. The third kappa shape index (κ3) is 2.28. The van der Waals surface area contributed by atoms with Gasteiger partial charge in [0.1, 0.15) is 9.88 Å². The van der Waals surface area contributed by atoms with E-state index >= 15 is 0 Å². The number of carbonyl (C=O) groups excluding carboxylic acids is 2. The summed E-state index contributed by atoms with van der Waals surface area (Å²) >= 11 is 1.18. The third-order valence-corrected chi connectivity index (χ3v) is 3.98. The van der Waals surface area contributed by atoms with Gasteiger partial charge in [-0.15, -0.1) is 11.3 Å². The van der Waals surface area contributed by atoms with E-state index in [0.29, 0.717) is 9.88 Å². The predicted octanol–water partition coefficient (Wildman–Crippen LogP) is 1.84. The van der Waals surface area contributed by atoms with Gasteiger partial charge in [0.25, 0.3) is 0 Å². The lowest BCUT2D eigenvalue weighted by molar-refractivity contribution is 0.0591. The van der Waals surface area contributed by atoms with Crippen LogP contribution >= 0.6 is 11.3 Å². The molecule has 0 saturated heterocycles. The van der Waals surface area contributed by atoms with Crippen LogP contribution in [0.2, 0.25) is 0 Å². The summed E-state index contributed by atoms with van der Waals surface area (Å²) in [5, 5.41) is 4.72.